The molecule has 1 aliphatic heterocycles. The standard InChI is InChI=1S/C14H20N2O4S/c1-9(2)16(6-5-12(17)18)14(19)11-8-15-13(21-11)10-4-3-7-20-10/h8-10H,3-7H2,1-2H3,(H,17,18). The Hall–Kier alpha value is -1.47. The lowest BCUT2D eigenvalue weighted by atomic mass is 10.2. The van der Waals surface area contributed by atoms with E-state index in [0.29, 0.717) is 4.88 Å². The van der Waals surface area contributed by atoms with E-state index < -0.39 is 5.97 Å². The summed E-state index contributed by atoms with van der Waals surface area (Å²) in [6.45, 7) is 4.70. The van der Waals surface area contributed by atoms with Crippen molar-refractivity contribution in [2.45, 2.75) is 45.3 Å². The molecule has 0 aliphatic carbocycles. The van der Waals surface area contributed by atoms with Gasteiger partial charge in [-0.15, -0.1) is 11.3 Å². The Kier molecular flexibility index (Phi) is 5.30. The van der Waals surface area contributed by atoms with Gasteiger partial charge in [0, 0.05) is 19.2 Å². The normalized spacial score (nSPS) is 18.1. The number of aliphatic carboxylic acids is 1. The quantitative estimate of drug-likeness (QED) is 0.872. The first-order valence-electron chi connectivity index (χ1n) is 7.09. The van der Waals surface area contributed by atoms with Crippen molar-refractivity contribution in [3.05, 3.63) is 16.1 Å². The van der Waals surface area contributed by atoms with E-state index in [-0.39, 0.29) is 31.0 Å². The van der Waals surface area contributed by atoms with Crippen molar-refractivity contribution in [1.29, 1.82) is 0 Å². The molecule has 116 valence electrons. The Balaban J connectivity index is 2.07. The third-order valence-corrected chi connectivity index (χ3v) is 4.47. The zero-order chi connectivity index (χ0) is 15.4. The third-order valence-electron chi connectivity index (χ3n) is 3.39. The maximum Gasteiger partial charge on any atom is 0.305 e. The molecule has 0 aromatic carbocycles. The molecule has 1 N–H and O–H groups in total. The van der Waals surface area contributed by atoms with Crippen LogP contribution < -0.4 is 0 Å². The van der Waals surface area contributed by atoms with Gasteiger partial charge in [-0.2, -0.15) is 0 Å². The minimum atomic E-state index is -0.905. The topological polar surface area (TPSA) is 79.7 Å². The highest BCUT2D eigenvalue weighted by Gasteiger charge is 2.25. The summed E-state index contributed by atoms with van der Waals surface area (Å²) >= 11 is 1.34. The second kappa shape index (κ2) is 7.00. The number of carboxylic acid groups (broad SMARTS) is 1. The van der Waals surface area contributed by atoms with Crippen LogP contribution in [0.15, 0.2) is 6.20 Å². The minimum Gasteiger partial charge on any atom is -0.481 e. The summed E-state index contributed by atoms with van der Waals surface area (Å²) in [7, 11) is 0. The molecular weight excluding hydrogens is 292 g/mol. The van der Waals surface area contributed by atoms with Crippen LogP contribution in [-0.2, 0) is 9.53 Å². The summed E-state index contributed by atoms with van der Waals surface area (Å²) in [5.41, 5.74) is 0. The number of amides is 1. The van der Waals surface area contributed by atoms with E-state index in [0.717, 1.165) is 24.5 Å². The molecule has 21 heavy (non-hydrogen) atoms. The smallest absolute Gasteiger partial charge is 0.305 e. The molecule has 0 radical (unpaired) electrons. The number of carboxylic acids is 1. The van der Waals surface area contributed by atoms with Crippen LogP contribution in [-0.4, -0.2) is 46.1 Å². The fraction of sp³-hybridized carbons (Fsp3) is 0.643. The van der Waals surface area contributed by atoms with Crippen molar-refractivity contribution < 1.29 is 19.4 Å². The molecule has 1 aliphatic rings. The van der Waals surface area contributed by atoms with Gasteiger partial charge < -0.3 is 14.7 Å². The molecule has 0 saturated carbocycles. The van der Waals surface area contributed by atoms with Gasteiger partial charge in [0.15, 0.2) is 0 Å². The zero-order valence-corrected chi connectivity index (χ0v) is 13.1. The largest absolute Gasteiger partial charge is 0.481 e. The highest BCUT2D eigenvalue weighted by molar-refractivity contribution is 7.13. The lowest BCUT2D eigenvalue weighted by Gasteiger charge is -2.25. The number of ether oxygens (including phenoxy) is 1. The van der Waals surface area contributed by atoms with E-state index >= 15 is 0 Å². The van der Waals surface area contributed by atoms with Crippen LogP contribution in [0.25, 0.3) is 0 Å². The van der Waals surface area contributed by atoms with Crippen LogP contribution in [0.4, 0.5) is 0 Å². The fourth-order valence-corrected chi connectivity index (χ4v) is 3.22. The van der Waals surface area contributed by atoms with Crippen LogP contribution in [0.2, 0.25) is 0 Å². The summed E-state index contributed by atoms with van der Waals surface area (Å²) in [6, 6.07) is -0.0508. The van der Waals surface area contributed by atoms with Gasteiger partial charge in [-0.1, -0.05) is 0 Å². The number of carbonyl (C=O) groups is 2. The molecule has 2 heterocycles. The molecule has 1 fully saturated rings. The molecule has 1 amide bonds. The molecule has 1 unspecified atom stereocenters. The summed E-state index contributed by atoms with van der Waals surface area (Å²) in [6.07, 6.45) is 3.47. The Morgan fingerprint density at radius 1 is 1.57 bits per heavy atom. The fourth-order valence-electron chi connectivity index (χ4n) is 2.26. The Labute approximate surface area is 127 Å². The van der Waals surface area contributed by atoms with Crippen molar-refractivity contribution in [2.24, 2.45) is 0 Å². The van der Waals surface area contributed by atoms with E-state index in [1.165, 1.54) is 11.3 Å². The predicted molar refractivity (Wildman–Crippen MR) is 78.5 cm³/mol. The van der Waals surface area contributed by atoms with Crippen molar-refractivity contribution in [1.82, 2.24) is 9.88 Å². The number of hydrogen-bond donors (Lipinski definition) is 1. The molecule has 1 atom stereocenters. The highest BCUT2D eigenvalue weighted by Crippen LogP contribution is 2.31. The molecule has 0 bridgehead atoms. The van der Waals surface area contributed by atoms with Gasteiger partial charge in [-0.05, 0) is 26.7 Å². The molecule has 1 saturated heterocycles. The van der Waals surface area contributed by atoms with E-state index in [2.05, 4.69) is 4.98 Å². The molecule has 2 rings (SSSR count). The Morgan fingerprint density at radius 2 is 2.33 bits per heavy atom. The predicted octanol–water partition coefficient (Wildman–Crippen LogP) is 2.32. The Morgan fingerprint density at radius 3 is 2.90 bits per heavy atom. The summed E-state index contributed by atoms with van der Waals surface area (Å²) < 4.78 is 5.56. The molecule has 7 heteroatoms. The first-order valence-corrected chi connectivity index (χ1v) is 7.90. The van der Waals surface area contributed by atoms with E-state index in [4.69, 9.17) is 9.84 Å². The minimum absolute atomic E-state index is 0.00284. The van der Waals surface area contributed by atoms with Gasteiger partial charge in [-0.3, -0.25) is 9.59 Å². The van der Waals surface area contributed by atoms with Gasteiger partial charge in [0.1, 0.15) is 16.0 Å². The second-order valence-electron chi connectivity index (χ2n) is 5.30. The number of hydrogen-bond acceptors (Lipinski definition) is 5. The molecular formula is C14H20N2O4S. The number of thiazole rings is 1. The molecule has 6 nitrogen and oxygen atoms in total. The lowest BCUT2D eigenvalue weighted by molar-refractivity contribution is -0.137. The monoisotopic (exact) mass is 312 g/mol. The van der Waals surface area contributed by atoms with Gasteiger partial charge >= 0.3 is 5.97 Å². The number of carbonyl (C=O) groups excluding carboxylic acids is 1. The van der Waals surface area contributed by atoms with Crippen molar-refractivity contribution in [3.63, 3.8) is 0 Å². The van der Waals surface area contributed by atoms with E-state index in [1.54, 1.807) is 11.1 Å². The second-order valence-corrected chi connectivity index (χ2v) is 6.36. The maximum atomic E-state index is 12.5. The third kappa shape index (κ3) is 4.01. The van der Waals surface area contributed by atoms with Gasteiger partial charge in [-0.25, -0.2) is 4.98 Å². The summed E-state index contributed by atoms with van der Waals surface area (Å²) in [4.78, 5) is 29.6. The maximum absolute atomic E-state index is 12.5. The first kappa shape index (κ1) is 15.9. The van der Waals surface area contributed by atoms with Crippen LogP contribution in [0.5, 0.6) is 0 Å². The van der Waals surface area contributed by atoms with Gasteiger partial charge in [0.05, 0.1) is 12.6 Å². The summed E-state index contributed by atoms with van der Waals surface area (Å²) in [5, 5.41) is 9.61. The zero-order valence-electron chi connectivity index (χ0n) is 12.2. The van der Waals surface area contributed by atoms with Gasteiger partial charge in [0.2, 0.25) is 0 Å². The average molecular weight is 312 g/mol. The molecule has 0 spiro atoms. The Bertz CT molecular complexity index is 509. The van der Waals surface area contributed by atoms with Crippen molar-refractivity contribution in [2.75, 3.05) is 13.2 Å². The van der Waals surface area contributed by atoms with Crippen LogP contribution in [0.3, 0.4) is 0 Å². The molecule has 1 aromatic rings. The van der Waals surface area contributed by atoms with E-state index in [1.807, 2.05) is 13.8 Å². The number of rotatable bonds is 6. The average Bonchev–Trinajstić information content (AvgIpc) is 3.09. The van der Waals surface area contributed by atoms with Crippen molar-refractivity contribution in [3.8, 4) is 0 Å². The summed E-state index contributed by atoms with van der Waals surface area (Å²) in [5.74, 6) is -1.06. The first-order chi connectivity index (χ1) is 9.99. The van der Waals surface area contributed by atoms with E-state index in [9.17, 15) is 9.59 Å². The van der Waals surface area contributed by atoms with Crippen molar-refractivity contribution >= 4 is 23.2 Å². The number of nitrogens with zero attached hydrogens (tertiary/aromatic N) is 2. The van der Waals surface area contributed by atoms with Crippen LogP contribution in [0.1, 0.15) is 53.9 Å². The number of aromatic nitrogens is 1. The lowest BCUT2D eigenvalue weighted by Crippen LogP contribution is -2.38. The highest BCUT2D eigenvalue weighted by atomic mass is 32.1. The van der Waals surface area contributed by atoms with Gasteiger partial charge in [0.25, 0.3) is 5.91 Å². The van der Waals surface area contributed by atoms with Crippen LogP contribution >= 0.6 is 11.3 Å². The molecule has 1 aromatic heterocycles. The van der Waals surface area contributed by atoms with Crippen LogP contribution in [0, 0.1) is 0 Å². The SMILES string of the molecule is CC(C)N(CCC(=O)O)C(=O)c1cnc(C2CCCO2)s1.